The highest BCUT2D eigenvalue weighted by Gasteiger charge is 2.56. The molecule has 15 heteroatoms. The second-order valence-corrected chi connectivity index (χ2v) is 14.5. The number of carboxylic acids is 1. The Hall–Kier alpha value is -5.16. The average Bonchev–Trinajstić information content (AvgIpc) is 3.94. The third-order valence-electron chi connectivity index (χ3n) is 11.1. The van der Waals surface area contributed by atoms with Crippen LogP contribution >= 0.6 is 0 Å². The van der Waals surface area contributed by atoms with Gasteiger partial charge in [-0.15, -0.1) is 0 Å². The number of hydrogen-bond donors (Lipinski definition) is 8. The van der Waals surface area contributed by atoms with Crippen molar-refractivity contribution in [2.75, 3.05) is 18.2 Å². The van der Waals surface area contributed by atoms with Crippen molar-refractivity contribution >= 4 is 35.6 Å². The number of carbonyl (C=O) groups is 2. The van der Waals surface area contributed by atoms with Crippen LogP contribution in [0.2, 0.25) is 0 Å². The van der Waals surface area contributed by atoms with Crippen LogP contribution in [0.3, 0.4) is 0 Å². The molecule has 8 N–H and O–H groups in total. The molecule has 0 unspecified atom stereocenters. The molecule has 1 saturated carbocycles. The van der Waals surface area contributed by atoms with E-state index in [1.807, 2.05) is 30.3 Å². The van der Waals surface area contributed by atoms with Gasteiger partial charge in [0.15, 0.2) is 17.6 Å². The molecular weight excluding hydrogens is 714 g/mol. The minimum atomic E-state index is -3.09. The fraction of sp³-hybridized carbons (Fsp3) is 0.400. The van der Waals surface area contributed by atoms with E-state index < -0.39 is 77.7 Å². The summed E-state index contributed by atoms with van der Waals surface area (Å²) in [6.45, 7) is -0.566. The van der Waals surface area contributed by atoms with Crippen molar-refractivity contribution in [3.8, 4) is 17.2 Å². The number of benzene rings is 3. The lowest BCUT2D eigenvalue weighted by atomic mass is 9.70. The Morgan fingerprint density at radius 2 is 1.73 bits per heavy atom. The standard InChI is InChI=1S/C40H43N3O12/c44-20-32-35(48)36(49)37(50)40(53,55-32)54-31-17-28-26(16-30(31)46)27(18-39(12-4-5-13-39)24-6-2-1-3-7-24)34(38(51)52)43(28)33(47)11-9-22-8-10-29(45)23(14-22)15-25-19-41-21-42-25/h1-3,6-11,14,16-17,19,27,32,34-37,44-46,48-50,53H,4-5,12-13,15,18,20-21H2,(H,51,52)/t27-,32+,34+,35+,36-,37+,40+/m0/s1. The van der Waals surface area contributed by atoms with E-state index in [1.54, 1.807) is 18.3 Å². The summed E-state index contributed by atoms with van der Waals surface area (Å²) >= 11 is 0. The van der Waals surface area contributed by atoms with Crippen molar-refractivity contribution in [3.63, 3.8) is 0 Å². The summed E-state index contributed by atoms with van der Waals surface area (Å²) in [5, 5.41) is 84.8. The number of aliphatic hydroxyl groups excluding tert-OH is 4. The van der Waals surface area contributed by atoms with Crippen LogP contribution < -0.4 is 9.64 Å². The van der Waals surface area contributed by atoms with Gasteiger partial charge in [-0.1, -0.05) is 49.2 Å². The molecule has 4 aliphatic rings. The van der Waals surface area contributed by atoms with Gasteiger partial charge in [0.1, 0.15) is 36.8 Å². The highest BCUT2D eigenvalue weighted by atomic mass is 16.8. The topological polar surface area (TPSA) is 242 Å². The van der Waals surface area contributed by atoms with Gasteiger partial charge in [0.2, 0.25) is 0 Å². The number of fused-ring (bicyclic) bond motifs is 1. The Morgan fingerprint density at radius 1 is 0.982 bits per heavy atom. The Kier molecular flexibility index (Phi) is 10.5. The largest absolute Gasteiger partial charge is 0.508 e. The van der Waals surface area contributed by atoms with E-state index in [0.29, 0.717) is 41.9 Å². The van der Waals surface area contributed by atoms with Gasteiger partial charge in [0, 0.05) is 36.3 Å². The summed E-state index contributed by atoms with van der Waals surface area (Å²) in [5.74, 6) is -7.08. The number of nitrogens with zero attached hydrogens (tertiary/aromatic N) is 3. The SMILES string of the molecule is O=C(O)[C@H]1[C@@H](CC2(c3ccccc3)CCCC2)c2cc(O)c(O[C@@]3(O)O[C@H](CO)[C@@H](O)[C@H](O)[C@H]3O)cc2N1C(=O)C=Cc1ccc(O)c(CC2=NCN=C2)c1. The van der Waals surface area contributed by atoms with Crippen molar-refractivity contribution in [2.24, 2.45) is 9.98 Å². The molecule has 1 amide bonds. The Balaban J connectivity index is 1.29. The first kappa shape index (κ1) is 38.1. The van der Waals surface area contributed by atoms with Crippen LogP contribution in [0.4, 0.5) is 5.69 Å². The molecule has 7 rings (SSSR count). The molecular formula is C40H43N3O12. The molecule has 15 nitrogen and oxygen atoms in total. The van der Waals surface area contributed by atoms with Crippen LogP contribution in [-0.4, -0.2) is 114 Å². The number of aliphatic imine (C=N–C) groups is 2. The van der Waals surface area contributed by atoms with E-state index in [4.69, 9.17) is 9.47 Å². The Labute approximate surface area is 315 Å². The minimum Gasteiger partial charge on any atom is -0.508 e. The van der Waals surface area contributed by atoms with Crippen LogP contribution in [0, 0.1) is 0 Å². The summed E-state index contributed by atoms with van der Waals surface area (Å²) < 4.78 is 10.8. The molecule has 1 saturated heterocycles. The van der Waals surface area contributed by atoms with Crippen molar-refractivity contribution in [1.29, 1.82) is 0 Å². The zero-order valence-corrected chi connectivity index (χ0v) is 29.7. The second-order valence-electron chi connectivity index (χ2n) is 14.5. The number of anilines is 1. The van der Waals surface area contributed by atoms with E-state index in [9.17, 15) is 50.4 Å². The number of rotatable bonds is 11. The summed E-state index contributed by atoms with van der Waals surface area (Å²) in [6.07, 6.45) is 0.623. The lowest BCUT2D eigenvalue weighted by Crippen LogP contribution is -2.67. The molecule has 3 aromatic carbocycles. The third kappa shape index (κ3) is 7.22. The van der Waals surface area contributed by atoms with Gasteiger partial charge in [-0.25, -0.2) is 4.79 Å². The van der Waals surface area contributed by atoms with Gasteiger partial charge < -0.3 is 50.3 Å². The van der Waals surface area contributed by atoms with E-state index in [-0.39, 0.29) is 11.4 Å². The number of amides is 1. The molecule has 3 heterocycles. The average molecular weight is 758 g/mol. The normalized spacial score (nSPS) is 28.4. The maximum absolute atomic E-state index is 14.3. The van der Waals surface area contributed by atoms with Crippen molar-refractivity contribution in [3.05, 3.63) is 89.0 Å². The molecule has 2 fully saturated rings. The number of carboxylic acid groups (broad SMARTS) is 1. The monoisotopic (exact) mass is 757 g/mol. The summed E-state index contributed by atoms with van der Waals surface area (Å²) in [5.41, 5.74) is 2.73. The number of hydrogen-bond acceptors (Lipinski definition) is 13. The number of aromatic hydroxyl groups is 2. The van der Waals surface area contributed by atoms with Crippen LogP contribution in [-0.2, 0) is 26.2 Å². The van der Waals surface area contributed by atoms with Gasteiger partial charge in [0.05, 0.1) is 18.0 Å². The zero-order valence-electron chi connectivity index (χ0n) is 29.7. The van der Waals surface area contributed by atoms with Crippen LogP contribution in [0.5, 0.6) is 17.2 Å². The summed E-state index contributed by atoms with van der Waals surface area (Å²) in [7, 11) is 0. The molecule has 55 heavy (non-hydrogen) atoms. The Bertz CT molecular complexity index is 2030. The number of phenols is 2. The maximum Gasteiger partial charge on any atom is 0.355 e. The first-order valence-electron chi connectivity index (χ1n) is 18.1. The van der Waals surface area contributed by atoms with E-state index in [2.05, 4.69) is 9.98 Å². The quantitative estimate of drug-likeness (QED) is 0.104. The predicted molar refractivity (Wildman–Crippen MR) is 198 cm³/mol. The maximum atomic E-state index is 14.3. The van der Waals surface area contributed by atoms with Gasteiger partial charge >= 0.3 is 11.9 Å². The molecule has 0 spiro atoms. The van der Waals surface area contributed by atoms with Crippen molar-refractivity contribution in [1.82, 2.24) is 0 Å². The fourth-order valence-electron chi connectivity index (χ4n) is 8.38. The number of aliphatic carboxylic acids is 1. The zero-order chi connectivity index (χ0) is 39.1. The molecule has 0 aromatic heterocycles. The molecule has 0 bridgehead atoms. The minimum absolute atomic E-state index is 0.0291. The molecule has 290 valence electrons. The number of carbonyl (C=O) groups excluding carboxylic acids is 1. The smallest absolute Gasteiger partial charge is 0.355 e. The lowest BCUT2D eigenvalue weighted by molar-refractivity contribution is -0.422. The Morgan fingerprint density at radius 3 is 2.40 bits per heavy atom. The van der Waals surface area contributed by atoms with Crippen LogP contribution in [0.1, 0.15) is 60.3 Å². The molecule has 0 radical (unpaired) electrons. The highest BCUT2D eigenvalue weighted by Crippen LogP contribution is 2.55. The predicted octanol–water partition coefficient (Wildman–Crippen LogP) is 2.12. The number of ether oxygens (including phenoxy) is 2. The first-order valence-corrected chi connectivity index (χ1v) is 18.1. The molecule has 7 atom stereocenters. The lowest BCUT2D eigenvalue weighted by Gasteiger charge is -2.44. The van der Waals surface area contributed by atoms with E-state index in [1.165, 1.54) is 24.3 Å². The molecule has 3 aliphatic heterocycles. The summed E-state index contributed by atoms with van der Waals surface area (Å²) in [6, 6.07) is 15.5. The first-order chi connectivity index (χ1) is 26.3. The number of aliphatic hydroxyl groups is 5. The number of phenolic OH excluding ortho intramolecular Hbond substituents is 2. The van der Waals surface area contributed by atoms with Crippen LogP contribution in [0.15, 0.2) is 76.7 Å². The van der Waals surface area contributed by atoms with Crippen molar-refractivity contribution in [2.45, 2.75) is 86.3 Å². The third-order valence-corrected chi connectivity index (χ3v) is 11.1. The van der Waals surface area contributed by atoms with E-state index >= 15 is 0 Å². The highest BCUT2D eigenvalue weighted by molar-refractivity contribution is 6.32. The van der Waals surface area contributed by atoms with Gasteiger partial charge in [0.25, 0.3) is 5.91 Å². The van der Waals surface area contributed by atoms with E-state index in [0.717, 1.165) is 42.2 Å². The van der Waals surface area contributed by atoms with Gasteiger partial charge in [-0.2, -0.15) is 0 Å². The molecule has 1 aliphatic carbocycles. The summed E-state index contributed by atoms with van der Waals surface area (Å²) in [4.78, 5) is 37.0. The van der Waals surface area contributed by atoms with Gasteiger partial charge in [-0.05, 0) is 65.6 Å². The van der Waals surface area contributed by atoms with Gasteiger partial charge in [-0.3, -0.25) is 19.7 Å². The second kappa shape index (κ2) is 15.2. The molecule has 3 aromatic rings. The van der Waals surface area contributed by atoms with Crippen molar-refractivity contribution < 1.29 is 59.9 Å². The van der Waals surface area contributed by atoms with Crippen LogP contribution in [0.25, 0.3) is 6.08 Å². The fourth-order valence-corrected chi connectivity index (χ4v) is 8.38.